The average Bonchev–Trinajstić information content (AvgIpc) is 3.05. The average molecular weight is 688 g/mol. The number of fused-ring (bicyclic) bond motifs is 1. The number of aromatic hydroxyl groups is 1. The SMILES string of the molecule is CN(C)c1cccc2c(S(=O)(=O)NCCCCCC(=O)NC[C@H]3O[C@@H](O/C(=C\c4ccc(O)cc4)C(=O)O)[C@H](O)[C@@H](O)[C@H]3O)cccc12. The van der Waals surface area contributed by atoms with Gasteiger partial charge in [0.2, 0.25) is 28.0 Å². The van der Waals surface area contributed by atoms with Crippen LogP contribution in [0.4, 0.5) is 5.69 Å². The summed E-state index contributed by atoms with van der Waals surface area (Å²) in [5.74, 6) is -2.55. The first-order valence-corrected chi connectivity index (χ1v) is 16.8. The molecule has 1 saturated heterocycles. The Kier molecular flexibility index (Phi) is 12.4. The zero-order valence-electron chi connectivity index (χ0n) is 26.5. The molecule has 3 aromatic rings. The summed E-state index contributed by atoms with van der Waals surface area (Å²) in [7, 11) is 0.000177. The molecule has 14 nitrogen and oxygen atoms in total. The van der Waals surface area contributed by atoms with Gasteiger partial charge in [-0.3, -0.25) is 4.79 Å². The normalized spacial score (nSPS) is 21.5. The van der Waals surface area contributed by atoms with Crippen LogP contribution in [0.5, 0.6) is 5.75 Å². The van der Waals surface area contributed by atoms with E-state index in [-0.39, 0.29) is 30.2 Å². The van der Waals surface area contributed by atoms with E-state index in [2.05, 4.69) is 10.0 Å². The zero-order chi connectivity index (χ0) is 35.0. The number of amides is 1. The lowest BCUT2D eigenvalue weighted by Crippen LogP contribution is -2.60. The molecule has 1 aliphatic heterocycles. The predicted octanol–water partition coefficient (Wildman–Crippen LogP) is 1.52. The minimum Gasteiger partial charge on any atom is -0.508 e. The molecule has 0 bridgehead atoms. The molecule has 1 amide bonds. The summed E-state index contributed by atoms with van der Waals surface area (Å²) in [4.78, 5) is 26.4. The van der Waals surface area contributed by atoms with E-state index in [1.54, 1.807) is 18.2 Å². The Morgan fingerprint density at radius 3 is 2.29 bits per heavy atom. The molecular formula is C33H41N3O11S. The molecule has 0 aliphatic carbocycles. The van der Waals surface area contributed by atoms with Crippen LogP contribution in [-0.2, 0) is 29.1 Å². The van der Waals surface area contributed by atoms with E-state index in [0.717, 1.165) is 17.1 Å². The molecule has 15 heteroatoms. The van der Waals surface area contributed by atoms with Crippen molar-refractivity contribution in [2.45, 2.75) is 61.3 Å². The Bertz CT molecular complexity index is 1710. The standard InChI is InChI=1S/C33H41N3O11S/c1-36(2)24-10-6-9-23-22(24)8-7-11-27(23)48(44,45)35-17-5-3-4-12-28(38)34-19-26-29(39)30(40)31(41)33(47-26)46-25(32(42)43)18-20-13-15-21(37)16-14-20/h6-11,13-16,18,26,29-31,33,35,37,39-41H,3-5,12,17,19H2,1-2H3,(H,34,38)(H,42,43)/b25-18-/t26-,29+,30+,31-,33-/m1/s1. The number of anilines is 1. The molecule has 1 fully saturated rings. The van der Waals surface area contributed by atoms with Crippen molar-refractivity contribution in [1.29, 1.82) is 0 Å². The third kappa shape index (κ3) is 9.21. The Labute approximate surface area is 278 Å². The van der Waals surface area contributed by atoms with Gasteiger partial charge in [-0.05, 0) is 48.7 Å². The number of unbranched alkanes of at least 4 members (excludes halogenated alkanes) is 2. The summed E-state index contributed by atoms with van der Waals surface area (Å²) in [6, 6.07) is 16.2. The van der Waals surface area contributed by atoms with Crippen LogP contribution in [0.1, 0.15) is 31.2 Å². The highest BCUT2D eigenvalue weighted by molar-refractivity contribution is 7.89. The van der Waals surface area contributed by atoms with Crippen molar-refractivity contribution in [3.05, 3.63) is 72.0 Å². The second-order valence-corrected chi connectivity index (χ2v) is 13.3. The first kappa shape index (κ1) is 36.6. The molecule has 3 aromatic carbocycles. The minimum atomic E-state index is -3.78. The second kappa shape index (κ2) is 16.2. The fourth-order valence-corrected chi connectivity index (χ4v) is 6.53. The molecule has 48 heavy (non-hydrogen) atoms. The summed E-state index contributed by atoms with van der Waals surface area (Å²) < 4.78 is 39.7. The molecule has 0 saturated carbocycles. The Balaban J connectivity index is 1.23. The number of carbonyl (C=O) groups is 2. The van der Waals surface area contributed by atoms with Crippen molar-refractivity contribution < 1.29 is 53.0 Å². The summed E-state index contributed by atoms with van der Waals surface area (Å²) in [5, 5.41) is 54.2. The van der Waals surface area contributed by atoms with E-state index in [4.69, 9.17) is 9.47 Å². The Hall–Kier alpha value is -4.25. The molecule has 1 heterocycles. The predicted molar refractivity (Wildman–Crippen MR) is 176 cm³/mol. The number of benzene rings is 3. The zero-order valence-corrected chi connectivity index (χ0v) is 27.3. The molecule has 1 aliphatic rings. The highest BCUT2D eigenvalue weighted by atomic mass is 32.2. The maximum Gasteiger partial charge on any atom is 0.371 e. The third-order valence-corrected chi connectivity index (χ3v) is 9.34. The molecule has 0 spiro atoms. The van der Waals surface area contributed by atoms with Crippen molar-refractivity contribution in [3.63, 3.8) is 0 Å². The quantitative estimate of drug-likeness (QED) is 0.0688. The number of aliphatic carboxylic acids is 1. The van der Waals surface area contributed by atoms with Gasteiger partial charge in [-0.2, -0.15) is 0 Å². The lowest BCUT2D eigenvalue weighted by molar-refractivity contribution is -0.285. The summed E-state index contributed by atoms with van der Waals surface area (Å²) in [6.45, 7) is -0.0922. The van der Waals surface area contributed by atoms with Gasteiger partial charge in [0.15, 0.2) is 0 Å². The fraction of sp³-hybridized carbons (Fsp3) is 0.394. The second-order valence-electron chi connectivity index (χ2n) is 11.6. The molecule has 7 N–H and O–H groups in total. The molecule has 4 rings (SSSR count). The number of nitrogens with zero attached hydrogens (tertiary/aromatic N) is 1. The Morgan fingerprint density at radius 1 is 0.917 bits per heavy atom. The summed E-state index contributed by atoms with van der Waals surface area (Å²) in [5.41, 5.74) is 1.27. The molecular weight excluding hydrogens is 646 g/mol. The van der Waals surface area contributed by atoms with E-state index in [1.165, 1.54) is 24.3 Å². The largest absolute Gasteiger partial charge is 0.508 e. The number of sulfonamides is 1. The van der Waals surface area contributed by atoms with Crippen LogP contribution in [0.25, 0.3) is 16.8 Å². The van der Waals surface area contributed by atoms with E-state index in [1.807, 2.05) is 37.2 Å². The van der Waals surface area contributed by atoms with Crippen LogP contribution in [0, 0.1) is 0 Å². The van der Waals surface area contributed by atoms with E-state index < -0.39 is 58.4 Å². The number of rotatable bonds is 15. The number of aliphatic hydroxyl groups excluding tert-OH is 3. The number of hydrogen-bond acceptors (Lipinski definition) is 11. The summed E-state index contributed by atoms with van der Waals surface area (Å²) in [6.07, 6.45) is -5.40. The van der Waals surface area contributed by atoms with Crippen LogP contribution in [-0.4, -0.2) is 104 Å². The van der Waals surface area contributed by atoms with Crippen LogP contribution in [0.15, 0.2) is 71.3 Å². The smallest absolute Gasteiger partial charge is 0.371 e. The lowest BCUT2D eigenvalue weighted by atomic mass is 9.98. The topological polar surface area (TPSA) is 215 Å². The van der Waals surface area contributed by atoms with Crippen LogP contribution >= 0.6 is 0 Å². The number of aliphatic hydroxyl groups is 3. The number of carboxylic acids is 1. The number of phenols is 1. The van der Waals surface area contributed by atoms with Gasteiger partial charge in [0.25, 0.3) is 0 Å². The minimum absolute atomic E-state index is 0.0304. The highest BCUT2D eigenvalue weighted by Gasteiger charge is 2.45. The number of nitrogens with one attached hydrogen (secondary N) is 2. The van der Waals surface area contributed by atoms with Gasteiger partial charge in [0, 0.05) is 50.1 Å². The van der Waals surface area contributed by atoms with Gasteiger partial charge in [0.1, 0.15) is 30.2 Å². The van der Waals surface area contributed by atoms with Crippen LogP contribution in [0.2, 0.25) is 0 Å². The maximum absolute atomic E-state index is 13.1. The number of phenolic OH excluding ortho intramolecular Hbond substituents is 1. The first-order valence-electron chi connectivity index (χ1n) is 15.3. The van der Waals surface area contributed by atoms with Crippen LogP contribution < -0.4 is 14.9 Å². The molecule has 260 valence electrons. The van der Waals surface area contributed by atoms with Crippen molar-refractivity contribution in [1.82, 2.24) is 10.0 Å². The van der Waals surface area contributed by atoms with Crippen molar-refractivity contribution in [2.24, 2.45) is 0 Å². The molecule has 0 aromatic heterocycles. The Morgan fingerprint density at radius 2 is 1.60 bits per heavy atom. The highest BCUT2D eigenvalue weighted by Crippen LogP contribution is 2.30. The third-order valence-electron chi connectivity index (χ3n) is 7.82. The van der Waals surface area contributed by atoms with E-state index >= 15 is 0 Å². The van der Waals surface area contributed by atoms with Gasteiger partial charge in [-0.1, -0.05) is 42.8 Å². The van der Waals surface area contributed by atoms with Crippen molar-refractivity contribution in [2.75, 3.05) is 32.1 Å². The lowest BCUT2D eigenvalue weighted by Gasteiger charge is -2.40. The van der Waals surface area contributed by atoms with E-state index in [9.17, 15) is 43.5 Å². The van der Waals surface area contributed by atoms with Gasteiger partial charge in [-0.25, -0.2) is 17.9 Å². The van der Waals surface area contributed by atoms with Crippen LogP contribution in [0.3, 0.4) is 0 Å². The maximum atomic E-state index is 13.1. The summed E-state index contributed by atoms with van der Waals surface area (Å²) >= 11 is 0. The molecule has 0 radical (unpaired) electrons. The van der Waals surface area contributed by atoms with Gasteiger partial charge in [-0.15, -0.1) is 0 Å². The fourth-order valence-electron chi connectivity index (χ4n) is 5.24. The van der Waals surface area contributed by atoms with Gasteiger partial charge >= 0.3 is 5.97 Å². The number of carbonyl (C=O) groups excluding carboxylic acids is 1. The monoisotopic (exact) mass is 687 g/mol. The van der Waals surface area contributed by atoms with Crippen molar-refractivity contribution in [3.8, 4) is 5.75 Å². The van der Waals surface area contributed by atoms with E-state index in [0.29, 0.717) is 30.2 Å². The first-order chi connectivity index (χ1) is 22.8. The molecule has 0 unspecified atom stereocenters. The number of carboxylic acid groups (broad SMARTS) is 1. The van der Waals surface area contributed by atoms with Crippen molar-refractivity contribution >= 4 is 44.4 Å². The number of ether oxygens (including phenoxy) is 2. The van der Waals surface area contributed by atoms with Gasteiger partial charge < -0.3 is 45.2 Å². The number of hydrogen-bond donors (Lipinski definition) is 7. The molecule has 5 atom stereocenters. The van der Waals surface area contributed by atoms with Gasteiger partial charge in [0.05, 0.1) is 4.90 Å².